The lowest BCUT2D eigenvalue weighted by Crippen LogP contribution is -2.55. The van der Waals surface area contributed by atoms with Crippen LogP contribution in [0.25, 0.3) is 0 Å². The molecule has 0 saturated carbocycles. The van der Waals surface area contributed by atoms with Crippen LogP contribution in [0.5, 0.6) is 0 Å². The largest absolute Gasteiger partial charge is 0.352 e. The lowest BCUT2D eigenvalue weighted by molar-refractivity contribution is -0.120. The van der Waals surface area contributed by atoms with E-state index in [-0.39, 0.29) is 29.9 Å². The molecule has 31 heavy (non-hydrogen) atoms. The van der Waals surface area contributed by atoms with E-state index in [1.807, 2.05) is 35.2 Å². The maximum atomic E-state index is 12.6. The molecular weight excluding hydrogens is 507 g/mol. The molecule has 0 spiro atoms. The second kappa shape index (κ2) is 10.4. The number of nitrogens with zero attached hydrogens (tertiary/aromatic N) is 7. The lowest BCUT2D eigenvalue weighted by Gasteiger charge is -2.35. The quantitative estimate of drug-likeness (QED) is 0.306. The molecule has 1 fully saturated rings. The molecule has 0 aliphatic carbocycles. The number of aliphatic imine (C=N–C) groups is 1. The van der Waals surface area contributed by atoms with Gasteiger partial charge in [-0.25, -0.2) is 4.98 Å². The number of guanidine groups is 1. The standard InChI is InChI=1S/C21H26N8O.HI/c1-22-21(28-9-10-29(20(30)15-28)19-12-25-26(2)14-19)24-11-17-3-5-18(6-4-17)13-27-8-7-23-16-27;/h3-8,12,14,16H,9-11,13,15H2,1-2H3,(H,22,24);1H. The maximum absolute atomic E-state index is 12.6. The molecule has 4 rings (SSSR count). The lowest BCUT2D eigenvalue weighted by atomic mass is 10.1. The Hall–Kier alpha value is -2.89. The highest BCUT2D eigenvalue weighted by atomic mass is 127. The van der Waals surface area contributed by atoms with Gasteiger partial charge in [0.25, 0.3) is 0 Å². The molecule has 3 heterocycles. The topological polar surface area (TPSA) is 83.6 Å². The summed E-state index contributed by atoms with van der Waals surface area (Å²) in [5, 5.41) is 7.53. The van der Waals surface area contributed by atoms with Gasteiger partial charge in [0.05, 0.1) is 18.2 Å². The van der Waals surface area contributed by atoms with Crippen LogP contribution in [0.15, 0.2) is 60.4 Å². The fraction of sp³-hybridized carbons (Fsp3) is 0.333. The zero-order valence-corrected chi connectivity index (χ0v) is 20.0. The number of nitrogens with one attached hydrogen (secondary N) is 1. The zero-order valence-electron chi connectivity index (χ0n) is 17.7. The number of rotatable bonds is 5. The summed E-state index contributed by atoms with van der Waals surface area (Å²) in [5.41, 5.74) is 3.21. The average Bonchev–Trinajstić information content (AvgIpc) is 3.41. The average molecular weight is 534 g/mol. The molecule has 3 aromatic rings. The first kappa shape index (κ1) is 22.8. The predicted molar refractivity (Wildman–Crippen MR) is 131 cm³/mol. The fourth-order valence-corrected chi connectivity index (χ4v) is 3.54. The summed E-state index contributed by atoms with van der Waals surface area (Å²) in [7, 11) is 3.59. The fourth-order valence-electron chi connectivity index (χ4n) is 3.54. The number of piperazine rings is 1. The third-order valence-corrected chi connectivity index (χ3v) is 5.13. The number of carbonyl (C=O) groups is 1. The van der Waals surface area contributed by atoms with Gasteiger partial charge in [0.1, 0.15) is 6.54 Å². The Labute approximate surface area is 198 Å². The van der Waals surface area contributed by atoms with E-state index in [2.05, 4.69) is 44.7 Å². The van der Waals surface area contributed by atoms with E-state index in [1.165, 1.54) is 5.56 Å². The minimum absolute atomic E-state index is 0. The number of hydrogen-bond donors (Lipinski definition) is 1. The van der Waals surface area contributed by atoms with Gasteiger partial charge in [-0.15, -0.1) is 24.0 Å². The summed E-state index contributed by atoms with van der Waals surface area (Å²) in [6.07, 6.45) is 9.13. The number of imidazole rings is 1. The molecule has 10 heteroatoms. The van der Waals surface area contributed by atoms with Crippen molar-refractivity contribution in [1.29, 1.82) is 0 Å². The Bertz CT molecular complexity index is 1010. The molecule has 0 atom stereocenters. The van der Waals surface area contributed by atoms with Crippen molar-refractivity contribution >= 4 is 41.5 Å². The van der Waals surface area contributed by atoms with Crippen molar-refractivity contribution in [2.24, 2.45) is 12.0 Å². The third kappa shape index (κ3) is 5.63. The van der Waals surface area contributed by atoms with Crippen molar-refractivity contribution in [2.75, 3.05) is 31.6 Å². The van der Waals surface area contributed by atoms with Crippen molar-refractivity contribution in [1.82, 2.24) is 29.5 Å². The summed E-state index contributed by atoms with van der Waals surface area (Å²) < 4.78 is 3.74. The van der Waals surface area contributed by atoms with Gasteiger partial charge in [-0.2, -0.15) is 5.10 Å². The first-order valence-corrected chi connectivity index (χ1v) is 9.90. The summed E-state index contributed by atoms with van der Waals surface area (Å²) in [6, 6.07) is 8.46. The molecule has 9 nitrogen and oxygen atoms in total. The Balaban J connectivity index is 0.00000272. The van der Waals surface area contributed by atoms with Crippen LogP contribution in [-0.2, 0) is 24.9 Å². The van der Waals surface area contributed by atoms with Crippen LogP contribution >= 0.6 is 24.0 Å². The molecule has 0 unspecified atom stereocenters. The number of halogens is 1. The third-order valence-electron chi connectivity index (χ3n) is 5.13. The summed E-state index contributed by atoms with van der Waals surface area (Å²) in [4.78, 5) is 24.8. The molecule has 1 N–H and O–H groups in total. The van der Waals surface area contributed by atoms with Crippen LogP contribution in [-0.4, -0.2) is 62.8 Å². The Morgan fingerprint density at radius 1 is 1.19 bits per heavy atom. The molecule has 164 valence electrons. The van der Waals surface area contributed by atoms with Gasteiger partial charge in [0.15, 0.2) is 5.96 Å². The molecule has 1 amide bonds. The molecule has 1 aliphatic heterocycles. The van der Waals surface area contributed by atoms with E-state index < -0.39 is 0 Å². The monoisotopic (exact) mass is 534 g/mol. The summed E-state index contributed by atoms with van der Waals surface area (Å²) in [5.74, 6) is 0.776. The van der Waals surface area contributed by atoms with E-state index in [9.17, 15) is 4.79 Å². The van der Waals surface area contributed by atoms with Crippen molar-refractivity contribution in [3.05, 3.63) is 66.5 Å². The van der Waals surface area contributed by atoms with Gasteiger partial charge in [-0.3, -0.25) is 14.5 Å². The molecule has 1 aliphatic rings. The van der Waals surface area contributed by atoms with E-state index in [4.69, 9.17) is 0 Å². The van der Waals surface area contributed by atoms with Gasteiger partial charge >= 0.3 is 0 Å². The predicted octanol–water partition coefficient (Wildman–Crippen LogP) is 1.71. The highest BCUT2D eigenvalue weighted by molar-refractivity contribution is 14.0. The Morgan fingerprint density at radius 3 is 2.58 bits per heavy atom. The highest BCUT2D eigenvalue weighted by Gasteiger charge is 2.27. The number of anilines is 1. The Morgan fingerprint density at radius 2 is 1.97 bits per heavy atom. The van der Waals surface area contributed by atoms with E-state index in [1.54, 1.807) is 29.0 Å². The summed E-state index contributed by atoms with van der Waals surface area (Å²) in [6.45, 7) is 3.06. The number of hydrogen-bond acceptors (Lipinski definition) is 4. The van der Waals surface area contributed by atoms with Gasteiger partial charge in [0, 0.05) is 58.9 Å². The maximum Gasteiger partial charge on any atom is 0.246 e. The molecule has 1 saturated heterocycles. The van der Waals surface area contributed by atoms with Gasteiger partial charge in [0.2, 0.25) is 5.91 Å². The number of aromatic nitrogens is 4. The Kier molecular flexibility index (Phi) is 7.66. The molecule has 0 radical (unpaired) electrons. The van der Waals surface area contributed by atoms with E-state index in [0.29, 0.717) is 26.2 Å². The highest BCUT2D eigenvalue weighted by Crippen LogP contribution is 2.16. The second-order valence-corrected chi connectivity index (χ2v) is 7.29. The van der Waals surface area contributed by atoms with Crippen molar-refractivity contribution in [3.8, 4) is 0 Å². The summed E-state index contributed by atoms with van der Waals surface area (Å²) >= 11 is 0. The number of benzene rings is 1. The number of amides is 1. The smallest absolute Gasteiger partial charge is 0.246 e. The molecule has 0 bridgehead atoms. The first-order valence-electron chi connectivity index (χ1n) is 9.90. The van der Waals surface area contributed by atoms with Crippen LogP contribution in [0, 0.1) is 0 Å². The van der Waals surface area contributed by atoms with Gasteiger partial charge < -0.3 is 19.7 Å². The molecule has 2 aromatic heterocycles. The minimum Gasteiger partial charge on any atom is -0.352 e. The first-order chi connectivity index (χ1) is 14.6. The van der Waals surface area contributed by atoms with E-state index >= 15 is 0 Å². The molecule has 1 aromatic carbocycles. The zero-order chi connectivity index (χ0) is 20.9. The SMILES string of the molecule is CN=C(NCc1ccc(Cn2ccnc2)cc1)N1CCN(c2cnn(C)c2)C(=O)C1.I. The second-order valence-electron chi connectivity index (χ2n) is 7.29. The van der Waals surface area contributed by atoms with Crippen molar-refractivity contribution in [2.45, 2.75) is 13.1 Å². The number of carbonyl (C=O) groups excluding carboxylic acids is 1. The van der Waals surface area contributed by atoms with Crippen LogP contribution in [0.1, 0.15) is 11.1 Å². The number of aryl methyl sites for hydroxylation is 1. The van der Waals surface area contributed by atoms with Crippen LogP contribution in [0.4, 0.5) is 5.69 Å². The van der Waals surface area contributed by atoms with Crippen LogP contribution < -0.4 is 10.2 Å². The van der Waals surface area contributed by atoms with Gasteiger partial charge in [-0.1, -0.05) is 24.3 Å². The van der Waals surface area contributed by atoms with E-state index in [0.717, 1.165) is 23.8 Å². The van der Waals surface area contributed by atoms with Gasteiger partial charge in [-0.05, 0) is 11.1 Å². The molecular formula is C21H27IN8O. The van der Waals surface area contributed by atoms with Crippen LogP contribution in [0.2, 0.25) is 0 Å². The van der Waals surface area contributed by atoms with Crippen molar-refractivity contribution < 1.29 is 4.79 Å². The minimum atomic E-state index is 0. The normalized spacial score (nSPS) is 14.5. The van der Waals surface area contributed by atoms with Crippen molar-refractivity contribution in [3.63, 3.8) is 0 Å². The van der Waals surface area contributed by atoms with Crippen LogP contribution in [0.3, 0.4) is 0 Å².